The van der Waals surface area contributed by atoms with Crippen LogP contribution in [0.1, 0.15) is 13.8 Å². The average molecular weight is 89.1 g/mol. The van der Waals surface area contributed by atoms with Crippen molar-refractivity contribution in [1.29, 1.82) is 0 Å². The van der Waals surface area contributed by atoms with E-state index in [9.17, 15) is 0 Å². The number of hydrogen-bond acceptors (Lipinski definition) is 2. The van der Waals surface area contributed by atoms with Crippen LogP contribution in [0.3, 0.4) is 0 Å². The zero-order valence-corrected chi connectivity index (χ0v) is 4.27. The molecule has 0 aliphatic carbocycles. The maximum Gasteiger partial charge on any atom is 0.102 e. The summed E-state index contributed by atoms with van der Waals surface area (Å²) in [5, 5.41) is 0. The minimum absolute atomic E-state index is 0.102. The van der Waals surface area contributed by atoms with Crippen LogP contribution in [0.25, 0.3) is 0 Å². The molecular formula is C4H11NO. The molecule has 0 aromatic carbocycles. The summed E-state index contributed by atoms with van der Waals surface area (Å²) < 4.78 is 4.82. The molecule has 0 aromatic heterocycles. The second-order valence-electron chi connectivity index (χ2n) is 1.16. The van der Waals surface area contributed by atoms with E-state index >= 15 is 0 Å². The lowest BCUT2D eigenvalue weighted by Crippen LogP contribution is -2.18. The lowest BCUT2D eigenvalue weighted by molar-refractivity contribution is 0.0814. The Morgan fingerprint density at radius 2 is 2.33 bits per heavy atom. The van der Waals surface area contributed by atoms with Crippen molar-refractivity contribution in [3.8, 4) is 0 Å². The highest BCUT2D eigenvalue weighted by Crippen LogP contribution is 1.74. The molecule has 0 aromatic rings. The van der Waals surface area contributed by atoms with Crippen LogP contribution in [0.5, 0.6) is 0 Å². The Balaban J connectivity index is 2.63. The summed E-state index contributed by atoms with van der Waals surface area (Å²) in [7, 11) is 0. The van der Waals surface area contributed by atoms with Gasteiger partial charge in [-0.3, -0.25) is 0 Å². The Kier molecular flexibility index (Phi) is 3.08. The van der Waals surface area contributed by atoms with Gasteiger partial charge >= 0.3 is 0 Å². The fourth-order valence-corrected chi connectivity index (χ4v) is 0.263. The first kappa shape index (κ1) is 5.92. The van der Waals surface area contributed by atoms with Crippen LogP contribution >= 0.6 is 0 Å². The van der Waals surface area contributed by atoms with Gasteiger partial charge in [-0.25, -0.2) is 0 Å². The molecule has 0 aliphatic rings. The van der Waals surface area contributed by atoms with E-state index in [1.165, 1.54) is 0 Å². The maximum atomic E-state index is 5.18. The van der Waals surface area contributed by atoms with Crippen molar-refractivity contribution < 1.29 is 4.74 Å². The summed E-state index contributed by atoms with van der Waals surface area (Å²) in [6, 6.07) is 0. The molecule has 0 radical (unpaired) electrons. The number of rotatable bonds is 2. The average Bonchev–Trinajstić information content (AvgIpc) is 1.35. The Labute approximate surface area is 38.3 Å². The van der Waals surface area contributed by atoms with Gasteiger partial charge < -0.3 is 10.5 Å². The third-order valence-electron chi connectivity index (χ3n) is 0.430. The van der Waals surface area contributed by atoms with Crippen LogP contribution in [0, 0.1) is 0 Å². The number of ether oxygens (including phenoxy) is 1. The summed E-state index contributed by atoms with van der Waals surface area (Å²) in [5.74, 6) is 0. The van der Waals surface area contributed by atoms with Gasteiger partial charge in [0.2, 0.25) is 0 Å². The van der Waals surface area contributed by atoms with Crippen LogP contribution in [0.4, 0.5) is 0 Å². The van der Waals surface area contributed by atoms with E-state index in [0.29, 0.717) is 6.61 Å². The van der Waals surface area contributed by atoms with Crippen molar-refractivity contribution in [1.82, 2.24) is 0 Å². The second-order valence-corrected chi connectivity index (χ2v) is 1.16. The fraction of sp³-hybridized carbons (Fsp3) is 1.00. The SMILES string of the molecule is CCO[C@H](C)N. The second kappa shape index (κ2) is 3.12. The smallest absolute Gasteiger partial charge is 0.102 e. The molecule has 0 amide bonds. The van der Waals surface area contributed by atoms with Gasteiger partial charge in [0, 0.05) is 6.61 Å². The molecule has 0 unspecified atom stereocenters. The van der Waals surface area contributed by atoms with Gasteiger partial charge in [0.1, 0.15) is 6.23 Å². The van der Waals surface area contributed by atoms with Crippen molar-refractivity contribution in [2.24, 2.45) is 5.73 Å². The van der Waals surface area contributed by atoms with Gasteiger partial charge in [-0.1, -0.05) is 0 Å². The molecule has 38 valence electrons. The molecular weight excluding hydrogens is 78.0 g/mol. The van der Waals surface area contributed by atoms with E-state index in [4.69, 9.17) is 10.5 Å². The fourth-order valence-electron chi connectivity index (χ4n) is 0.263. The summed E-state index contributed by atoms with van der Waals surface area (Å²) in [6.07, 6.45) is -0.102. The molecule has 2 heteroatoms. The first-order chi connectivity index (χ1) is 2.77. The molecule has 0 saturated carbocycles. The zero-order chi connectivity index (χ0) is 4.99. The van der Waals surface area contributed by atoms with Gasteiger partial charge in [0.05, 0.1) is 0 Å². The van der Waals surface area contributed by atoms with Crippen molar-refractivity contribution >= 4 is 0 Å². The molecule has 0 heterocycles. The molecule has 0 rings (SSSR count). The van der Waals surface area contributed by atoms with E-state index in [1.807, 2.05) is 13.8 Å². The standard InChI is InChI=1S/C4H11NO/c1-3-6-4(2)5/h4H,3,5H2,1-2H3/t4-/m1/s1. The Morgan fingerprint density at radius 1 is 1.83 bits per heavy atom. The maximum absolute atomic E-state index is 5.18. The first-order valence-electron chi connectivity index (χ1n) is 2.14. The monoisotopic (exact) mass is 89.1 g/mol. The number of nitrogens with two attached hydrogens (primary N) is 1. The Bertz CT molecular complexity index is 28.7. The topological polar surface area (TPSA) is 35.2 Å². The van der Waals surface area contributed by atoms with Crippen LogP contribution < -0.4 is 5.73 Å². The van der Waals surface area contributed by atoms with E-state index in [0.717, 1.165) is 0 Å². The van der Waals surface area contributed by atoms with E-state index in [1.54, 1.807) is 0 Å². The molecule has 0 saturated heterocycles. The predicted molar refractivity (Wildman–Crippen MR) is 25.3 cm³/mol. The minimum atomic E-state index is -0.102. The summed E-state index contributed by atoms with van der Waals surface area (Å²) in [5.41, 5.74) is 5.18. The number of hydrogen-bond donors (Lipinski definition) is 1. The largest absolute Gasteiger partial charge is 0.364 e. The molecule has 0 bridgehead atoms. The summed E-state index contributed by atoms with van der Waals surface area (Å²) in [6.45, 7) is 4.44. The van der Waals surface area contributed by atoms with Crippen LogP contribution in [0.15, 0.2) is 0 Å². The van der Waals surface area contributed by atoms with Crippen molar-refractivity contribution in [2.45, 2.75) is 20.1 Å². The van der Waals surface area contributed by atoms with E-state index in [2.05, 4.69) is 0 Å². The third-order valence-corrected chi connectivity index (χ3v) is 0.430. The summed E-state index contributed by atoms with van der Waals surface area (Å²) in [4.78, 5) is 0. The van der Waals surface area contributed by atoms with Crippen LogP contribution in [-0.4, -0.2) is 12.8 Å². The van der Waals surface area contributed by atoms with Crippen LogP contribution in [-0.2, 0) is 4.74 Å². The van der Waals surface area contributed by atoms with Gasteiger partial charge in [-0.15, -0.1) is 0 Å². The van der Waals surface area contributed by atoms with Gasteiger partial charge in [-0.05, 0) is 13.8 Å². The highest BCUT2D eigenvalue weighted by Gasteiger charge is 1.83. The summed E-state index contributed by atoms with van der Waals surface area (Å²) >= 11 is 0. The van der Waals surface area contributed by atoms with Gasteiger partial charge in [0.15, 0.2) is 0 Å². The van der Waals surface area contributed by atoms with Crippen molar-refractivity contribution in [3.63, 3.8) is 0 Å². The molecule has 1 atom stereocenters. The van der Waals surface area contributed by atoms with E-state index < -0.39 is 0 Å². The quantitative estimate of drug-likeness (QED) is 0.495. The van der Waals surface area contributed by atoms with Crippen molar-refractivity contribution in [2.75, 3.05) is 6.61 Å². The van der Waals surface area contributed by atoms with Gasteiger partial charge in [-0.2, -0.15) is 0 Å². The molecule has 2 N–H and O–H groups in total. The molecule has 0 aliphatic heterocycles. The molecule has 6 heavy (non-hydrogen) atoms. The van der Waals surface area contributed by atoms with Gasteiger partial charge in [0.25, 0.3) is 0 Å². The molecule has 2 nitrogen and oxygen atoms in total. The lowest BCUT2D eigenvalue weighted by atomic mass is 10.7. The predicted octanol–water partition coefficient (Wildman–Crippen LogP) is 0.328. The first-order valence-corrected chi connectivity index (χ1v) is 2.14. The lowest BCUT2D eigenvalue weighted by Gasteiger charge is -2.00. The van der Waals surface area contributed by atoms with Crippen LogP contribution in [0.2, 0.25) is 0 Å². The van der Waals surface area contributed by atoms with E-state index in [-0.39, 0.29) is 6.23 Å². The third kappa shape index (κ3) is 3.92. The Hall–Kier alpha value is -0.0800. The molecule has 0 spiro atoms. The van der Waals surface area contributed by atoms with Crippen molar-refractivity contribution in [3.05, 3.63) is 0 Å². The zero-order valence-electron chi connectivity index (χ0n) is 4.27. The highest BCUT2D eigenvalue weighted by atomic mass is 16.5. The normalized spacial score (nSPS) is 14.5. The highest BCUT2D eigenvalue weighted by molar-refractivity contribution is 4.27. The minimum Gasteiger partial charge on any atom is -0.364 e. The Morgan fingerprint density at radius 3 is 2.33 bits per heavy atom. The molecule has 0 fully saturated rings.